The van der Waals surface area contributed by atoms with Crippen molar-refractivity contribution < 1.29 is 0 Å². The van der Waals surface area contributed by atoms with Gasteiger partial charge in [0.1, 0.15) is 11.6 Å². The van der Waals surface area contributed by atoms with E-state index in [0.29, 0.717) is 24.4 Å². The van der Waals surface area contributed by atoms with Gasteiger partial charge in [0, 0.05) is 6.54 Å². The molecule has 4 nitrogen and oxygen atoms in total. The largest absolute Gasteiger partial charge is 0.284 e. The maximum Gasteiger partial charge on any atom is 0.284 e. The summed E-state index contributed by atoms with van der Waals surface area (Å²) in [5, 5.41) is 13.8. The summed E-state index contributed by atoms with van der Waals surface area (Å²) in [6, 6.07) is 2.09. The molecule has 0 radical (unpaired) electrons. The van der Waals surface area contributed by atoms with Crippen LogP contribution in [-0.4, -0.2) is 9.78 Å². The number of aromatic nitrogens is 2. The summed E-state index contributed by atoms with van der Waals surface area (Å²) in [4.78, 5) is 12.4. The molecule has 0 bridgehead atoms. The van der Waals surface area contributed by atoms with Gasteiger partial charge in [0.15, 0.2) is 0 Å². The second-order valence-electron chi connectivity index (χ2n) is 5.61. The van der Waals surface area contributed by atoms with Gasteiger partial charge in [-0.15, -0.1) is 0 Å². The molecule has 1 heterocycles. The van der Waals surface area contributed by atoms with Gasteiger partial charge in [-0.2, -0.15) is 10.4 Å². The van der Waals surface area contributed by atoms with Crippen LogP contribution in [-0.2, 0) is 19.4 Å². The summed E-state index contributed by atoms with van der Waals surface area (Å²) >= 11 is 0. The number of aryl methyl sites for hydroxylation is 1. The van der Waals surface area contributed by atoms with Crippen LogP contribution in [0.2, 0.25) is 0 Å². The van der Waals surface area contributed by atoms with Gasteiger partial charge < -0.3 is 0 Å². The highest BCUT2D eigenvalue weighted by Gasteiger charge is 2.19. The van der Waals surface area contributed by atoms with E-state index < -0.39 is 0 Å². The van der Waals surface area contributed by atoms with Crippen molar-refractivity contribution in [3.8, 4) is 6.07 Å². The average Bonchev–Trinajstić information content (AvgIpc) is 2.49. The predicted octanol–water partition coefficient (Wildman–Crippen LogP) is 2.82. The molecule has 1 aliphatic carbocycles. The highest BCUT2D eigenvalue weighted by molar-refractivity contribution is 5.37. The standard InChI is InChI=1S/C16H23N3O/c1-3-13-14(10-17)16(20)19(18-15(13)4-2)11-12-8-6-5-7-9-12/h12H,3-9,11H2,1-2H3. The monoisotopic (exact) mass is 273 g/mol. The molecule has 20 heavy (non-hydrogen) atoms. The number of nitrogens with zero attached hydrogens (tertiary/aromatic N) is 3. The van der Waals surface area contributed by atoms with Crippen LogP contribution in [0.4, 0.5) is 0 Å². The third-order valence-corrected chi connectivity index (χ3v) is 4.30. The molecule has 0 N–H and O–H groups in total. The first-order valence-electron chi connectivity index (χ1n) is 7.74. The van der Waals surface area contributed by atoms with E-state index in [2.05, 4.69) is 11.2 Å². The Morgan fingerprint density at radius 1 is 1.25 bits per heavy atom. The first kappa shape index (κ1) is 14.8. The van der Waals surface area contributed by atoms with Crippen LogP contribution in [0, 0.1) is 17.2 Å². The van der Waals surface area contributed by atoms with E-state index in [9.17, 15) is 10.1 Å². The van der Waals surface area contributed by atoms with Crippen molar-refractivity contribution in [3.63, 3.8) is 0 Å². The number of hydrogen-bond donors (Lipinski definition) is 0. The molecule has 1 fully saturated rings. The smallest absolute Gasteiger partial charge is 0.266 e. The lowest BCUT2D eigenvalue weighted by atomic mass is 9.89. The molecule has 4 heteroatoms. The Bertz CT molecular complexity index is 562. The third-order valence-electron chi connectivity index (χ3n) is 4.30. The van der Waals surface area contributed by atoms with Crippen molar-refractivity contribution >= 4 is 0 Å². The van der Waals surface area contributed by atoms with Gasteiger partial charge in [0.05, 0.1) is 5.69 Å². The van der Waals surface area contributed by atoms with E-state index in [4.69, 9.17) is 0 Å². The maximum atomic E-state index is 12.4. The molecule has 2 rings (SSSR count). The molecule has 0 aromatic carbocycles. The molecule has 0 amide bonds. The maximum absolute atomic E-state index is 12.4. The number of nitriles is 1. The minimum absolute atomic E-state index is 0.202. The fraction of sp³-hybridized carbons (Fsp3) is 0.688. The molecule has 1 saturated carbocycles. The van der Waals surface area contributed by atoms with Crippen LogP contribution >= 0.6 is 0 Å². The molecular formula is C16H23N3O. The lowest BCUT2D eigenvalue weighted by Crippen LogP contribution is -2.31. The second kappa shape index (κ2) is 6.69. The van der Waals surface area contributed by atoms with Crippen LogP contribution in [0.15, 0.2) is 4.79 Å². The molecule has 0 spiro atoms. The summed E-state index contributed by atoms with van der Waals surface area (Å²) in [6.07, 6.45) is 7.61. The molecule has 1 aromatic rings. The Kier molecular flexibility index (Phi) is 4.94. The molecular weight excluding hydrogens is 250 g/mol. The molecule has 1 aliphatic rings. The van der Waals surface area contributed by atoms with Crippen molar-refractivity contribution in [1.82, 2.24) is 9.78 Å². The SMILES string of the molecule is CCc1nn(CC2CCCCC2)c(=O)c(C#N)c1CC. The highest BCUT2D eigenvalue weighted by atomic mass is 16.1. The quantitative estimate of drug-likeness (QED) is 0.847. The summed E-state index contributed by atoms with van der Waals surface area (Å²) in [7, 11) is 0. The highest BCUT2D eigenvalue weighted by Crippen LogP contribution is 2.24. The lowest BCUT2D eigenvalue weighted by Gasteiger charge is -2.22. The fourth-order valence-electron chi connectivity index (χ4n) is 3.17. The topological polar surface area (TPSA) is 58.7 Å². The molecule has 108 valence electrons. The fourth-order valence-corrected chi connectivity index (χ4v) is 3.17. The predicted molar refractivity (Wildman–Crippen MR) is 78.5 cm³/mol. The van der Waals surface area contributed by atoms with Crippen molar-refractivity contribution in [3.05, 3.63) is 27.2 Å². The van der Waals surface area contributed by atoms with Crippen LogP contribution in [0.25, 0.3) is 0 Å². The Balaban J connectivity index is 2.38. The molecule has 0 unspecified atom stereocenters. The minimum Gasteiger partial charge on any atom is -0.266 e. The van der Waals surface area contributed by atoms with E-state index in [1.165, 1.54) is 32.1 Å². The Morgan fingerprint density at radius 3 is 2.50 bits per heavy atom. The van der Waals surface area contributed by atoms with Crippen molar-refractivity contribution in [1.29, 1.82) is 5.26 Å². The van der Waals surface area contributed by atoms with Gasteiger partial charge in [0.25, 0.3) is 5.56 Å². The average molecular weight is 273 g/mol. The van der Waals surface area contributed by atoms with Gasteiger partial charge in [-0.05, 0) is 37.2 Å². The second-order valence-corrected chi connectivity index (χ2v) is 5.61. The Hall–Kier alpha value is -1.63. The number of hydrogen-bond acceptors (Lipinski definition) is 3. The third kappa shape index (κ3) is 2.92. The van der Waals surface area contributed by atoms with Gasteiger partial charge >= 0.3 is 0 Å². The molecule has 0 saturated heterocycles. The van der Waals surface area contributed by atoms with Crippen LogP contribution < -0.4 is 5.56 Å². The van der Waals surface area contributed by atoms with E-state index in [1.54, 1.807) is 4.68 Å². The van der Waals surface area contributed by atoms with E-state index in [0.717, 1.165) is 17.7 Å². The molecule has 1 aromatic heterocycles. The van der Waals surface area contributed by atoms with Crippen molar-refractivity contribution in [2.45, 2.75) is 65.3 Å². The van der Waals surface area contributed by atoms with Gasteiger partial charge in [-0.3, -0.25) is 4.79 Å². The van der Waals surface area contributed by atoms with Gasteiger partial charge in [-0.1, -0.05) is 33.1 Å². The van der Waals surface area contributed by atoms with Gasteiger partial charge in [-0.25, -0.2) is 4.68 Å². The van der Waals surface area contributed by atoms with Crippen molar-refractivity contribution in [2.24, 2.45) is 5.92 Å². The van der Waals surface area contributed by atoms with Crippen LogP contribution in [0.5, 0.6) is 0 Å². The van der Waals surface area contributed by atoms with E-state index >= 15 is 0 Å². The first-order valence-corrected chi connectivity index (χ1v) is 7.74. The zero-order valence-corrected chi connectivity index (χ0v) is 12.5. The van der Waals surface area contributed by atoms with Crippen LogP contribution in [0.1, 0.15) is 62.8 Å². The van der Waals surface area contributed by atoms with Gasteiger partial charge in [0.2, 0.25) is 0 Å². The summed E-state index contributed by atoms with van der Waals surface area (Å²) in [5.74, 6) is 0.540. The summed E-state index contributed by atoms with van der Waals surface area (Å²) < 4.78 is 1.55. The summed E-state index contributed by atoms with van der Waals surface area (Å²) in [5.41, 5.74) is 1.83. The van der Waals surface area contributed by atoms with E-state index in [-0.39, 0.29) is 5.56 Å². The van der Waals surface area contributed by atoms with Crippen LogP contribution in [0.3, 0.4) is 0 Å². The molecule has 0 aliphatic heterocycles. The zero-order valence-electron chi connectivity index (χ0n) is 12.5. The first-order chi connectivity index (χ1) is 9.71. The Morgan fingerprint density at radius 2 is 1.95 bits per heavy atom. The van der Waals surface area contributed by atoms with E-state index in [1.807, 2.05) is 13.8 Å². The summed E-state index contributed by atoms with van der Waals surface area (Å²) in [6.45, 7) is 4.67. The lowest BCUT2D eigenvalue weighted by molar-refractivity contribution is 0.301. The minimum atomic E-state index is -0.202. The zero-order chi connectivity index (χ0) is 14.5. The normalized spacial score (nSPS) is 16.1. The number of rotatable bonds is 4. The Labute approximate surface area is 120 Å². The molecule has 0 atom stereocenters. The van der Waals surface area contributed by atoms with Crippen molar-refractivity contribution in [2.75, 3.05) is 0 Å².